The average molecular weight is 276 g/mol. The van der Waals surface area contributed by atoms with E-state index in [-0.39, 0.29) is 5.82 Å². The van der Waals surface area contributed by atoms with Crippen molar-refractivity contribution in [3.63, 3.8) is 0 Å². The second-order valence-corrected chi connectivity index (χ2v) is 6.46. The number of nitrogens with one attached hydrogen (secondary N) is 1. The molecule has 1 unspecified atom stereocenters. The van der Waals surface area contributed by atoms with Gasteiger partial charge in [-0.25, -0.2) is 4.39 Å². The van der Waals surface area contributed by atoms with Crippen LogP contribution in [0, 0.1) is 5.82 Å². The van der Waals surface area contributed by atoms with E-state index in [1.807, 2.05) is 12.1 Å². The summed E-state index contributed by atoms with van der Waals surface area (Å²) in [5.41, 5.74) is 1.58. The first-order valence-electron chi connectivity index (χ1n) is 7.94. The lowest BCUT2D eigenvalue weighted by molar-refractivity contribution is 0.0718. The number of rotatable bonds is 3. The number of benzene rings is 1. The number of piperazine rings is 1. The molecular weight excluding hydrogens is 251 g/mol. The van der Waals surface area contributed by atoms with E-state index in [0.29, 0.717) is 11.6 Å². The summed E-state index contributed by atoms with van der Waals surface area (Å²) in [7, 11) is 0. The van der Waals surface area contributed by atoms with Gasteiger partial charge in [0.1, 0.15) is 5.82 Å². The van der Waals surface area contributed by atoms with Crippen LogP contribution in [0.4, 0.5) is 4.39 Å². The second-order valence-electron chi connectivity index (χ2n) is 6.46. The Hall–Kier alpha value is -0.930. The van der Waals surface area contributed by atoms with E-state index in [1.165, 1.54) is 37.7 Å². The molecule has 1 saturated carbocycles. The third-order valence-electron chi connectivity index (χ3n) is 5.07. The molecule has 1 aromatic rings. The summed E-state index contributed by atoms with van der Waals surface area (Å²) in [5.74, 6) is -0.145. The molecule has 1 N–H and O–H groups in total. The minimum Gasteiger partial charge on any atom is -0.308 e. The lowest BCUT2D eigenvalue weighted by atomic mass is 9.91. The topological polar surface area (TPSA) is 15.3 Å². The highest BCUT2D eigenvalue weighted by atomic mass is 19.1. The fourth-order valence-corrected chi connectivity index (χ4v) is 3.84. The molecule has 110 valence electrons. The van der Waals surface area contributed by atoms with Gasteiger partial charge in [-0.1, -0.05) is 31.9 Å². The summed E-state index contributed by atoms with van der Waals surface area (Å²) in [6.45, 7) is 5.44. The van der Waals surface area contributed by atoms with Crippen molar-refractivity contribution in [2.75, 3.05) is 13.1 Å². The van der Waals surface area contributed by atoms with Crippen molar-refractivity contribution in [1.82, 2.24) is 10.2 Å². The van der Waals surface area contributed by atoms with Crippen molar-refractivity contribution >= 4 is 0 Å². The minimum atomic E-state index is -0.145. The van der Waals surface area contributed by atoms with Crippen molar-refractivity contribution in [3.05, 3.63) is 35.6 Å². The molecule has 0 bridgehead atoms. The molecule has 0 aromatic heterocycles. The lowest BCUT2D eigenvalue weighted by Gasteiger charge is -2.46. The van der Waals surface area contributed by atoms with Crippen LogP contribution in [-0.2, 0) is 6.54 Å². The molecule has 0 radical (unpaired) electrons. The van der Waals surface area contributed by atoms with E-state index >= 15 is 0 Å². The van der Waals surface area contributed by atoms with Crippen LogP contribution in [-0.4, -0.2) is 29.6 Å². The molecule has 3 heteroatoms. The molecule has 2 aliphatic rings. The highest BCUT2D eigenvalue weighted by Gasteiger charge is 2.40. The average Bonchev–Trinajstić information content (AvgIpc) is 2.90. The first-order valence-corrected chi connectivity index (χ1v) is 7.94. The summed E-state index contributed by atoms with van der Waals surface area (Å²) >= 11 is 0. The molecule has 1 spiro atoms. The Balaban J connectivity index is 1.72. The van der Waals surface area contributed by atoms with Crippen LogP contribution in [0.3, 0.4) is 0 Å². The third kappa shape index (κ3) is 2.89. The fourth-order valence-electron chi connectivity index (χ4n) is 3.84. The molecule has 0 amide bonds. The first-order chi connectivity index (χ1) is 9.71. The smallest absolute Gasteiger partial charge is 0.123 e. The number of nitrogens with zero attached hydrogens (tertiary/aromatic N) is 1. The second kappa shape index (κ2) is 5.82. The van der Waals surface area contributed by atoms with Crippen molar-refractivity contribution in [2.45, 2.75) is 57.2 Å². The van der Waals surface area contributed by atoms with Gasteiger partial charge in [0.25, 0.3) is 0 Å². The van der Waals surface area contributed by atoms with Crippen molar-refractivity contribution in [3.8, 4) is 0 Å². The predicted octanol–water partition coefficient (Wildman–Crippen LogP) is 3.32. The largest absolute Gasteiger partial charge is 0.308 e. The Kier molecular flexibility index (Phi) is 4.08. The highest BCUT2D eigenvalue weighted by Crippen LogP contribution is 2.34. The van der Waals surface area contributed by atoms with Gasteiger partial charge >= 0.3 is 0 Å². The number of hydrogen-bond acceptors (Lipinski definition) is 2. The molecule has 1 aliphatic carbocycles. The monoisotopic (exact) mass is 276 g/mol. The maximum atomic E-state index is 13.0. The zero-order chi connectivity index (χ0) is 14.0. The predicted molar refractivity (Wildman–Crippen MR) is 80.1 cm³/mol. The van der Waals surface area contributed by atoms with Crippen molar-refractivity contribution < 1.29 is 4.39 Å². The van der Waals surface area contributed by atoms with Crippen LogP contribution in [0.5, 0.6) is 0 Å². The Bertz CT molecular complexity index is 437. The SMILES string of the molecule is CCC1CNC2(CCCC2)CN1Cc1ccc(F)cc1. The molecule has 3 rings (SSSR count). The summed E-state index contributed by atoms with van der Waals surface area (Å²) < 4.78 is 13.0. The molecular formula is C17H25FN2. The van der Waals surface area contributed by atoms with Crippen LogP contribution < -0.4 is 5.32 Å². The van der Waals surface area contributed by atoms with Gasteiger partial charge in [0, 0.05) is 31.2 Å². The first kappa shape index (κ1) is 14.0. The van der Waals surface area contributed by atoms with Gasteiger partial charge in [-0.05, 0) is 37.0 Å². The number of halogens is 1. The van der Waals surface area contributed by atoms with E-state index in [2.05, 4.69) is 17.1 Å². The van der Waals surface area contributed by atoms with Crippen LogP contribution >= 0.6 is 0 Å². The van der Waals surface area contributed by atoms with Gasteiger partial charge in [0.2, 0.25) is 0 Å². The maximum absolute atomic E-state index is 13.0. The Morgan fingerprint density at radius 1 is 1.25 bits per heavy atom. The molecule has 1 aromatic carbocycles. The molecule has 2 fully saturated rings. The van der Waals surface area contributed by atoms with Gasteiger partial charge in [-0.15, -0.1) is 0 Å². The fraction of sp³-hybridized carbons (Fsp3) is 0.647. The minimum absolute atomic E-state index is 0.145. The summed E-state index contributed by atoms with van der Waals surface area (Å²) in [5, 5.41) is 3.82. The van der Waals surface area contributed by atoms with Crippen molar-refractivity contribution in [2.24, 2.45) is 0 Å². The van der Waals surface area contributed by atoms with Crippen LogP contribution in [0.1, 0.15) is 44.6 Å². The lowest BCUT2D eigenvalue weighted by Crippen LogP contribution is -2.62. The van der Waals surface area contributed by atoms with Crippen LogP contribution in [0.2, 0.25) is 0 Å². The highest BCUT2D eigenvalue weighted by molar-refractivity contribution is 5.16. The van der Waals surface area contributed by atoms with Crippen molar-refractivity contribution in [1.29, 1.82) is 0 Å². The molecule has 1 heterocycles. The molecule has 1 saturated heterocycles. The van der Waals surface area contributed by atoms with Gasteiger partial charge < -0.3 is 5.32 Å². The van der Waals surface area contributed by atoms with E-state index < -0.39 is 0 Å². The van der Waals surface area contributed by atoms with Gasteiger partial charge in [-0.2, -0.15) is 0 Å². The Morgan fingerprint density at radius 3 is 2.60 bits per heavy atom. The molecule has 1 aliphatic heterocycles. The molecule has 2 nitrogen and oxygen atoms in total. The van der Waals surface area contributed by atoms with Gasteiger partial charge in [0.05, 0.1) is 0 Å². The standard InChI is InChI=1S/C17H25FN2/c1-2-16-11-19-17(9-3-4-10-17)13-20(16)12-14-5-7-15(18)8-6-14/h5-8,16,19H,2-4,9-13H2,1H3. The summed E-state index contributed by atoms with van der Waals surface area (Å²) in [6, 6.07) is 7.59. The normalized spacial score (nSPS) is 26.2. The zero-order valence-electron chi connectivity index (χ0n) is 12.4. The van der Waals surface area contributed by atoms with E-state index in [1.54, 1.807) is 12.1 Å². The summed E-state index contributed by atoms with van der Waals surface area (Å²) in [4.78, 5) is 2.61. The van der Waals surface area contributed by atoms with Gasteiger partial charge in [0.15, 0.2) is 0 Å². The third-order valence-corrected chi connectivity index (χ3v) is 5.07. The van der Waals surface area contributed by atoms with E-state index in [0.717, 1.165) is 19.6 Å². The zero-order valence-corrected chi connectivity index (χ0v) is 12.4. The van der Waals surface area contributed by atoms with Gasteiger partial charge in [-0.3, -0.25) is 4.90 Å². The Morgan fingerprint density at radius 2 is 1.95 bits per heavy atom. The maximum Gasteiger partial charge on any atom is 0.123 e. The van der Waals surface area contributed by atoms with E-state index in [9.17, 15) is 4.39 Å². The van der Waals surface area contributed by atoms with E-state index in [4.69, 9.17) is 0 Å². The molecule has 1 atom stereocenters. The molecule has 20 heavy (non-hydrogen) atoms. The number of hydrogen-bond donors (Lipinski definition) is 1. The van der Waals surface area contributed by atoms with Crippen LogP contribution in [0.25, 0.3) is 0 Å². The quantitative estimate of drug-likeness (QED) is 0.911. The summed E-state index contributed by atoms with van der Waals surface area (Å²) in [6.07, 6.45) is 6.50. The van der Waals surface area contributed by atoms with Crippen LogP contribution in [0.15, 0.2) is 24.3 Å². The Labute approximate surface area is 121 Å².